The number of thiophene rings is 1. The van der Waals surface area contributed by atoms with E-state index >= 15 is 0 Å². The van der Waals surface area contributed by atoms with Crippen molar-refractivity contribution in [3.8, 4) is 0 Å². The van der Waals surface area contributed by atoms with Crippen LogP contribution in [-0.2, 0) is 12.8 Å². The molecule has 0 radical (unpaired) electrons. The third-order valence-corrected chi connectivity index (χ3v) is 9.03. The van der Waals surface area contributed by atoms with Gasteiger partial charge >= 0.3 is 6.18 Å². The fourth-order valence-electron chi connectivity index (χ4n) is 5.26. The maximum atomic E-state index is 13.4. The number of fused-ring (bicyclic) bond motifs is 1. The molecule has 1 saturated carbocycles. The molecule has 4 heterocycles. The molecule has 2 aliphatic heterocycles. The van der Waals surface area contributed by atoms with Gasteiger partial charge in [-0.3, -0.25) is 15.1 Å². The third-order valence-electron chi connectivity index (χ3n) is 7.93. The van der Waals surface area contributed by atoms with Gasteiger partial charge in [-0.05, 0) is 43.0 Å². The highest BCUT2D eigenvalue weighted by atomic mass is 32.1. The Balaban J connectivity index is 1.24. The summed E-state index contributed by atoms with van der Waals surface area (Å²) in [5.41, 5.74) is 0.261. The fraction of sp³-hybridized carbons (Fsp3) is 0.556. The molecule has 40 heavy (non-hydrogen) atoms. The molecule has 2 aromatic heterocycles. The molecule has 1 saturated heterocycles. The number of piperazine rings is 1. The van der Waals surface area contributed by atoms with Crippen molar-refractivity contribution < 1.29 is 22.4 Å². The van der Waals surface area contributed by atoms with Gasteiger partial charge in [0.15, 0.2) is 6.80 Å². The number of allylic oxidation sites excluding steroid dienone is 1. The largest absolute Gasteiger partial charge is 0.432 e. The number of anilines is 1. The zero-order valence-electron chi connectivity index (χ0n) is 22.4. The van der Waals surface area contributed by atoms with Gasteiger partial charge in [-0.1, -0.05) is 6.42 Å². The molecule has 2 fully saturated rings. The van der Waals surface area contributed by atoms with Crippen LogP contribution in [0.25, 0.3) is 5.70 Å². The Labute approximate surface area is 234 Å². The Morgan fingerprint density at radius 2 is 1.82 bits per heavy atom. The first-order chi connectivity index (χ1) is 19.1. The lowest BCUT2D eigenvalue weighted by molar-refractivity contribution is -0.0584. The van der Waals surface area contributed by atoms with Crippen molar-refractivity contribution in [2.24, 2.45) is 0 Å². The van der Waals surface area contributed by atoms with Crippen molar-refractivity contribution >= 4 is 34.6 Å². The first-order valence-corrected chi connectivity index (χ1v) is 14.3. The van der Waals surface area contributed by atoms with Crippen molar-refractivity contribution in [2.75, 3.05) is 58.0 Å². The highest BCUT2D eigenvalue weighted by Crippen LogP contribution is 2.30. The van der Waals surface area contributed by atoms with E-state index in [1.54, 1.807) is 11.0 Å². The summed E-state index contributed by atoms with van der Waals surface area (Å²) >= 11 is 0.988. The van der Waals surface area contributed by atoms with Gasteiger partial charge in [-0.25, -0.2) is 14.4 Å². The molecule has 1 amide bonds. The lowest BCUT2D eigenvalue weighted by Gasteiger charge is -2.43. The number of carbonyl (C=O) groups excluding carboxylic acids is 1. The number of halogens is 4. The molecule has 5 rings (SSSR count). The SMILES string of the molecule is CN(CF)/C(=C\C(=N)C(F)(F)F)c1ccc(C(=O)N2CCc3cnc(N4CCN(C5CCC5)CC4)nc3CC2)s1. The van der Waals surface area contributed by atoms with Gasteiger partial charge in [0.1, 0.15) is 5.71 Å². The second-order valence-corrected chi connectivity index (χ2v) is 11.5. The monoisotopic (exact) mass is 579 g/mol. The van der Waals surface area contributed by atoms with Crippen molar-refractivity contribution in [3.05, 3.63) is 45.4 Å². The van der Waals surface area contributed by atoms with Crippen LogP contribution in [0.15, 0.2) is 24.4 Å². The minimum atomic E-state index is -4.85. The van der Waals surface area contributed by atoms with E-state index in [1.165, 1.54) is 32.4 Å². The van der Waals surface area contributed by atoms with Crippen LogP contribution in [0.1, 0.15) is 45.1 Å². The maximum Gasteiger partial charge on any atom is 0.432 e. The summed E-state index contributed by atoms with van der Waals surface area (Å²) in [5, 5.41) is 7.31. The van der Waals surface area contributed by atoms with E-state index in [9.17, 15) is 22.4 Å². The van der Waals surface area contributed by atoms with Crippen LogP contribution in [0.3, 0.4) is 0 Å². The molecule has 8 nitrogen and oxygen atoms in total. The summed E-state index contributed by atoms with van der Waals surface area (Å²) < 4.78 is 52.2. The molecule has 3 aliphatic rings. The van der Waals surface area contributed by atoms with Crippen molar-refractivity contribution in [1.82, 2.24) is 24.7 Å². The predicted octanol–water partition coefficient (Wildman–Crippen LogP) is 4.24. The Morgan fingerprint density at radius 3 is 2.48 bits per heavy atom. The zero-order valence-corrected chi connectivity index (χ0v) is 23.2. The van der Waals surface area contributed by atoms with Crippen LogP contribution in [-0.4, -0.2) is 102 Å². The van der Waals surface area contributed by atoms with Crippen LogP contribution in [0.2, 0.25) is 0 Å². The van der Waals surface area contributed by atoms with Crippen molar-refractivity contribution in [1.29, 1.82) is 5.41 Å². The van der Waals surface area contributed by atoms with Gasteiger partial charge < -0.3 is 14.7 Å². The highest BCUT2D eigenvalue weighted by Gasteiger charge is 2.34. The number of aromatic nitrogens is 2. The quantitative estimate of drug-likeness (QED) is 0.301. The molecule has 216 valence electrons. The second kappa shape index (κ2) is 11.8. The average molecular weight is 580 g/mol. The Hall–Kier alpha value is -3.06. The highest BCUT2D eigenvalue weighted by molar-refractivity contribution is 7.15. The number of hydrogen-bond donors (Lipinski definition) is 1. The van der Waals surface area contributed by atoms with Gasteiger partial charge in [0.25, 0.3) is 5.91 Å². The molecule has 1 N–H and O–H groups in total. The van der Waals surface area contributed by atoms with Crippen molar-refractivity contribution in [3.63, 3.8) is 0 Å². The second-order valence-electron chi connectivity index (χ2n) is 10.5. The van der Waals surface area contributed by atoms with Gasteiger partial charge in [0.2, 0.25) is 5.95 Å². The van der Waals surface area contributed by atoms with Crippen molar-refractivity contribution in [2.45, 2.75) is 44.3 Å². The van der Waals surface area contributed by atoms with E-state index in [4.69, 9.17) is 10.4 Å². The standard InChI is InChI=1S/C27H33F4N7OS/c1-35(17-28)21(15-24(32)27(29,30)31)22-5-6-23(40-22)25(39)37-9-7-18-16-33-26(34-20(18)8-10-37)38-13-11-36(12-14-38)19-3-2-4-19/h5-6,15-16,19,32H,2-4,7-14,17H2,1H3/b21-15-,32-24?. The van der Waals surface area contributed by atoms with Crippen LogP contribution < -0.4 is 4.90 Å². The number of rotatable bonds is 7. The van der Waals surface area contributed by atoms with E-state index in [2.05, 4.69) is 14.8 Å². The fourth-order valence-corrected chi connectivity index (χ4v) is 6.30. The van der Waals surface area contributed by atoms with Gasteiger partial charge in [0.05, 0.1) is 21.1 Å². The van der Waals surface area contributed by atoms with E-state index in [-0.39, 0.29) is 16.5 Å². The summed E-state index contributed by atoms with van der Waals surface area (Å²) in [6.07, 6.45) is 2.71. The van der Waals surface area contributed by atoms with E-state index in [0.717, 1.165) is 65.7 Å². The number of amides is 1. The summed E-state index contributed by atoms with van der Waals surface area (Å²) in [6, 6.07) is 3.77. The Bertz CT molecular complexity index is 1270. The molecule has 2 aromatic rings. The summed E-state index contributed by atoms with van der Waals surface area (Å²) in [4.78, 5) is 31.0. The predicted molar refractivity (Wildman–Crippen MR) is 147 cm³/mol. The molecule has 0 atom stereocenters. The number of alkyl halides is 4. The summed E-state index contributed by atoms with van der Waals surface area (Å²) in [5.74, 6) is 0.493. The van der Waals surface area contributed by atoms with Gasteiger partial charge in [-0.2, -0.15) is 13.2 Å². The lowest BCUT2D eigenvalue weighted by atomic mass is 9.91. The zero-order chi connectivity index (χ0) is 28.4. The van der Waals surface area contributed by atoms with E-state index in [1.807, 2.05) is 6.20 Å². The maximum absolute atomic E-state index is 13.4. The molecule has 0 unspecified atom stereocenters. The number of hydrogen-bond acceptors (Lipinski definition) is 8. The minimum absolute atomic E-state index is 0.103. The Kier molecular flexibility index (Phi) is 8.41. The number of carbonyl (C=O) groups is 1. The summed E-state index contributed by atoms with van der Waals surface area (Å²) in [7, 11) is 1.30. The first kappa shape index (κ1) is 28.5. The van der Waals surface area contributed by atoms with Crippen LogP contribution >= 0.6 is 11.3 Å². The van der Waals surface area contributed by atoms with E-state index in [0.29, 0.717) is 36.9 Å². The van der Waals surface area contributed by atoms with E-state index < -0.39 is 18.7 Å². The molecule has 0 spiro atoms. The number of nitrogens with zero attached hydrogens (tertiary/aromatic N) is 6. The van der Waals surface area contributed by atoms with Crippen LogP contribution in [0.5, 0.6) is 0 Å². The average Bonchev–Trinajstić information content (AvgIpc) is 3.30. The van der Waals surface area contributed by atoms with Crippen LogP contribution in [0.4, 0.5) is 23.5 Å². The van der Waals surface area contributed by atoms with Crippen LogP contribution in [0, 0.1) is 5.41 Å². The first-order valence-electron chi connectivity index (χ1n) is 13.5. The molecular weight excluding hydrogens is 546 g/mol. The Morgan fingerprint density at radius 1 is 1.12 bits per heavy atom. The molecule has 0 bridgehead atoms. The van der Waals surface area contributed by atoms with Gasteiger partial charge in [0, 0.05) is 65.0 Å². The molecule has 0 aromatic carbocycles. The smallest absolute Gasteiger partial charge is 0.346 e. The lowest BCUT2D eigenvalue weighted by Crippen LogP contribution is -2.52. The molecule has 1 aliphatic carbocycles. The normalized spacial score (nSPS) is 19.2. The molecule has 13 heteroatoms. The summed E-state index contributed by atoms with van der Waals surface area (Å²) in [6.45, 7) is 3.72. The van der Waals surface area contributed by atoms with Gasteiger partial charge in [-0.15, -0.1) is 11.3 Å². The third kappa shape index (κ3) is 6.14. The number of nitrogens with one attached hydrogen (secondary N) is 1. The topological polar surface area (TPSA) is 79.7 Å². The molecular formula is C27H33F4N7OS. The minimum Gasteiger partial charge on any atom is -0.346 e.